The topological polar surface area (TPSA) is 89.0 Å². The molecule has 2 aromatic rings. The van der Waals surface area contributed by atoms with Crippen LogP contribution in [0.5, 0.6) is 5.75 Å². The number of ether oxygens (including phenoxy) is 1. The summed E-state index contributed by atoms with van der Waals surface area (Å²) in [5.74, 6) is 0.309. The first kappa shape index (κ1) is 16.2. The molecule has 0 aliphatic carbocycles. The Balaban J connectivity index is 1.89. The van der Waals surface area contributed by atoms with Crippen molar-refractivity contribution in [3.05, 3.63) is 50.0 Å². The summed E-state index contributed by atoms with van der Waals surface area (Å²) in [6.07, 6.45) is 0.691. The lowest BCUT2D eigenvalue weighted by atomic mass is 10.0. The molecule has 1 aliphatic rings. The molecule has 0 saturated carbocycles. The molecule has 1 aliphatic heterocycles. The van der Waals surface area contributed by atoms with Gasteiger partial charge in [0.2, 0.25) is 5.95 Å². The van der Waals surface area contributed by atoms with E-state index in [1.54, 1.807) is 26.8 Å². The zero-order valence-corrected chi connectivity index (χ0v) is 13.7. The Bertz CT molecular complexity index is 857. The van der Waals surface area contributed by atoms with Crippen LogP contribution in [0.4, 0.5) is 10.3 Å². The van der Waals surface area contributed by atoms with Crippen LogP contribution in [0.25, 0.3) is 0 Å². The van der Waals surface area contributed by atoms with Crippen LogP contribution in [0, 0.1) is 5.82 Å². The Morgan fingerprint density at radius 3 is 2.75 bits per heavy atom. The molecule has 0 saturated heterocycles. The van der Waals surface area contributed by atoms with Crippen molar-refractivity contribution in [1.82, 2.24) is 14.5 Å². The number of hydrogen-bond acceptors (Lipinski definition) is 5. The maximum atomic E-state index is 14.3. The Kier molecular flexibility index (Phi) is 4.13. The van der Waals surface area contributed by atoms with E-state index < -0.39 is 17.4 Å². The standard InChI is InChI=1S/C16H19FN4O3/c1-8(2)21-15(22)19-14(20-16(21)23)18-9(3)11-7-13-10(4-5-24-13)6-12(11)17/h6-9H,4-5H2,1-3H3,(H2,18,19,20,22,23). The van der Waals surface area contributed by atoms with Gasteiger partial charge in [0.1, 0.15) is 11.6 Å². The van der Waals surface area contributed by atoms with Gasteiger partial charge in [-0.2, -0.15) is 4.98 Å². The van der Waals surface area contributed by atoms with E-state index in [-0.39, 0.29) is 17.8 Å². The smallest absolute Gasteiger partial charge is 0.355 e. The zero-order chi connectivity index (χ0) is 17.4. The van der Waals surface area contributed by atoms with Gasteiger partial charge in [-0.05, 0) is 32.9 Å². The van der Waals surface area contributed by atoms with E-state index in [0.717, 1.165) is 10.1 Å². The number of nitrogens with zero attached hydrogens (tertiary/aromatic N) is 2. The number of halogens is 1. The van der Waals surface area contributed by atoms with Crippen LogP contribution in [0.1, 0.15) is 44.0 Å². The van der Waals surface area contributed by atoms with Gasteiger partial charge in [-0.25, -0.2) is 18.5 Å². The molecule has 0 radical (unpaired) electrons. The van der Waals surface area contributed by atoms with Crippen molar-refractivity contribution in [1.29, 1.82) is 0 Å². The van der Waals surface area contributed by atoms with Gasteiger partial charge in [0, 0.05) is 23.6 Å². The monoisotopic (exact) mass is 334 g/mol. The average Bonchev–Trinajstić information content (AvgIpc) is 2.92. The first-order chi connectivity index (χ1) is 11.4. The summed E-state index contributed by atoms with van der Waals surface area (Å²) >= 11 is 0. The Morgan fingerprint density at radius 1 is 1.33 bits per heavy atom. The number of nitrogens with one attached hydrogen (secondary N) is 2. The second-order valence-corrected chi connectivity index (χ2v) is 6.08. The van der Waals surface area contributed by atoms with Crippen LogP contribution in [-0.4, -0.2) is 21.1 Å². The number of fused-ring (bicyclic) bond motifs is 1. The summed E-state index contributed by atoms with van der Waals surface area (Å²) in [5.41, 5.74) is 0.0134. The minimum Gasteiger partial charge on any atom is -0.493 e. The van der Waals surface area contributed by atoms with Gasteiger partial charge in [-0.3, -0.25) is 4.98 Å². The van der Waals surface area contributed by atoms with Crippen LogP contribution >= 0.6 is 0 Å². The van der Waals surface area contributed by atoms with Crippen LogP contribution in [0.3, 0.4) is 0 Å². The number of aromatic nitrogens is 3. The highest BCUT2D eigenvalue weighted by atomic mass is 19.1. The second-order valence-electron chi connectivity index (χ2n) is 6.08. The van der Waals surface area contributed by atoms with Gasteiger partial charge in [0.15, 0.2) is 0 Å². The number of benzene rings is 1. The van der Waals surface area contributed by atoms with Crippen molar-refractivity contribution in [3.8, 4) is 5.75 Å². The normalized spacial score (nSPS) is 14.4. The third kappa shape index (κ3) is 2.91. The molecule has 1 aromatic carbocycles. The zero-order valence-electron chi connectivity index (χ0n) is 13.7. The van der Waals surface area contributed by atoms with Gasteiger partial charge in [-0.15, -0.1) is 0 Å². The molecule has 0 amide bonds. The summed E-state index contributed by atoms with van der Waals surface area (Å²) in [6.45, 7) is 5.69. The third-order valence-corrected chi connectivity index (χ3v) is 4.00. The first-order valence-electron chi connectivity index (χ1n) is 7.81. The Morgan fingerprint density at radius 2 is 2.08 bits per heavy atom. The van der Waals surface area contributed by atoms with Crippen LogP contribution in [-0.2, 0) is 6.42 Å². The molecule has 2 heterocycles. The first-order valence-corrected chi connectivity index (χ1v) is 7.81. The molecule has 0 bridgehead atoms. The van der Waals surface area contributed by atoms with Gasteiger partial charge in [0.25, 0.3) is 0 Å². The number of rotatable bonds is 4. The molecule has 0 fully saturated rings. The minimum atomic E-state index is -0.652. The number of aromatic amines is 1. The van der Waals surface area contributed by atoms with E-state index >= 15 is 0 Å². The fraction of sp³-hybridized carbons (Fsp3) is 0.438. The van der Waals surface area contributed by atoms with Gasteiger partial charge < -0.3 is 10.1 Å². The van der Waals surface area contributed by atoms with Crippen LogP contribution in [0.15, 0.2) is 21.7 Å². The highest BCUT2D eigenvalue weighted by Gasteiger charge is 2.20. The van der Waals surface area contributed by atoms with E-state index in [0.29, 0.717) is 24.3 Å². The third-order valence-electron chi connectivity index (χ3n) is 4.00. The van der Waals surface area contributed by atoms with E-state index in [1.165, 1.54) is 6.07 Å². The molecule has 7 nitrogen and oxygen atoms in total. The number of hydrogen-bond donors (Lipinski definition) is 2. The van der Waals surface area contributed by atoms with Crippen molar-refractivity contribution < 1.29 is 9.13 Å². The van der Waals surface area contributed by atoms with E-state index in [2.05, 4.69) is 15.3 Å². The molecule has 2 N–H and O–H groups in total. The van der Waals surface area contributed by atoms with E-state index in [1.807, 2.05) is 0 Å². The average molecular weight is 334 g/mol. The lowest BCUT2D eigenvalue weighted by molar-refractivity contribution is 0.356. The van der Waals surface area contributed by atoms with Gasteiger partial charge in [0.05, 0.1) is 12.6 Å². The molecule has 128 valence electrons. The molecule has 24 heavy (non-hydrogen) atoms. The number of H-pyrrole nitrogens is 1. The summed E-state index contributed by atoms with van der Waals surface area (Å²) in [7, 11) is 0. The van der Waals surface area contributed by atoms with Crippen LogP contribution < -0.4 is 21.4 Å². The van der Waals surface area contributed by atoms with Gasteiger partial charge in [-0.1, -0.05) is 0 Å². The van der Waals surface area contributed by atoms with Crippen molar-refractivity contribution >= 4 is 5.95 Å². The summed E-state index contributed by atoms with van der Waals surface area (Å²) in [4.78, 5) is 30.2. The van der Waals surface area contributed by atoms with Crippen molar-refractivity contribution in [2.75, 3.05) is 11.9 Å². The predicted octanol–water partition coefficient (Wildman–Crippen LogP) is 1.76. The maximum absolute atomic E-state index is 14.3. The maximum Gasteiger partial charge on any atom is 0.355 e. The molecule has 1 unspecified atom stereocenters. The lowest BCUT2D eigenvalue weighted by Crippen LogP contribution is -2.39. The molecule has 1 atom stereocenters. The molecule has 3 rings (SSSR count). The highest BCUT2D eigenvalue weighted by Crippen LogP contribution is 2.31. The molecular weight excluding hydrogens is 315 g/mol. The Labute approximate surface area is 137 Å². The summed E-state index contributed by atoms with van der Waals surface area (Å²) in [6, 6.07) is 2.30. The van der Waals surface area contributed by atoms with E-state index in [9.17, 15) is 14.0 Å². The van der Waals surface area contributed by atoms with Crippen molar-refractivity contribution in [2.45, 2.75) is 39.3 Å². The summed E-state index contributed by atoms with van der Waals surface area (Å²) in [5, 5.41) is 2.86. The fourth-order valence-electron chi connectivity index (χ4n) is 2.78. The van der Waals surface area contributed by atoms with Gasteiger partial charge >= 0.3 is 11.4 Å². The summed E-state index contributed by atoms with van der Waals surface area (Å²) < 4.78 is 20.7. The minimum absolute atomic E-state index is 0.00946. The lowest BCUT2D eigenvalue weighted by Gasteiger charge is -2.17. The largest absolute Gasteiger partial charge is 0.493 e. The Hall–Kier alpha value is -2.64. The highest BCUT2D eigenvalue weighted by molar-refractivity contribution is 5.43. The molecule has 0 spiro atoms. The predicted molar refractivity (Wildman–Crippen MR) is 87.1 cm³/mol. The van der Waals surface area contributed by atoms with Crippen molar-refractivity contribution in [2.24, 2.45) is 0 Å². The fourth-order valence-corrected chi connectivity index (χ4v) is 2.78. The van der Waals surface area contributed by atoms with Crippen LogP contribution in [0.2, 0.25) is 0 Å². The number of anilines is 1. The SMILES string of the molecule is CC(Nc1nc(=O)n(C(C)C)c(=O)[nH]1)c1cc2c(cc1F)CCO2. The van der Waals surface area contributed by atoms with Crippen molar-refractivity contribution in [3.63, 3.8) is 0 Å². The second kappa shape index (κ2) is 6.10. The van der Waals surface area contributed by atoms with E-state index in [4.69, 9.17) is 4.74 Å². The quantitative estimate of drug-likeness (QED) is 0.889. The molecule has 1 aromatic heterocycles. The molecular formula is C16H19FN4O3. The molecule has 8 heteroatoms.